The molecule has 17 heavy (non-hydrogen) atoms. The number of nitrogens with zero attached hydrogens (tertiary/aromatic N) is 4. The second-order valence-corrected chi connectivity index (χ2v) is 4.27. The van der Waals surface area contributed by atoms with Crippen LogP contribution in [0, 0.1) is 18.3 Å². The third kappa shape index (κ3) is 2.03. The van der Waals surface area contributed by atoms with Gasteiger partial charge in [0.25, 0.3) is 5.91 Å². The van der Waals surface area contributed by atoms with Crippen molar-refractivity contribution < 1.29 is 4.79 Å². The molecule has 1 aliphatic rings. The fourth-order valence-corrected chi connectivity index (χ4v) is 2.25. The highest BCUT2D eigenvalue weighted by Gasteiger charge is 2.30. The van der Waals surface area contributed by atoms with Gasteiger partial charge in [-0.2, -0.15) is 10.4 Å². The Hall–Kier alpha value is -1.83. The lowest BCUT2D eigenvalue weighted by Gasteiger charge is -2.19. The fraction of sp³-hybridized carbons (Fsp3) is 0.583. The summed E-state index contributed by atoms with van der Waals surface area (Å²) in [6.45, 7) is 5.16. The summed E-state index contributed by atoms with van der Waals surface area (Å²) >= 11 is 0. The number of rotatable bonds is 2. The summed E-state index contributed by atoms with van der Waals surface area (Å²) in [7, 11) is 0. The fourth-order valence-electron chi connectivity index (χ4n) is 2.25. The van der Waals surface area contributed by atoms with Crippen LogP contribution in [0.15, 0.2) is 6.07 Å². The Morgan fingerprint density at radius 1 is 1.71 bits per heavy atom. The van der Waals surface area contributed by atoms with Crippen LogP contribution in [0.25, 0.3) is 0 Å². The first kappa shape index (κ1) is 11.6. The molecule has 0 saturated carbocycles. The highest BCUT2D eigenvalue weighted by molar-refractivity contribution is 5.93. The highest BCUT2D eigenvalue weighted by atomic mass is 16.2. The van der Waals surface area contributed by atoms with Crippen molar-refractivity contribution in [2.75, 3.05) is 6.54 Å². The van der Waals surface area contributed by atoms with E-state index in [0.29, 0.717) is 18.8 Å². The number of hydrogen-bond acceptors (Lipinski definition) is 3. The van der Waals surface area contributed by atoms with Crippen LogP contribution in [0.2, 0.25) is 0 Å². The summed E-state index contributed by atoms with van der Waals surface area (Å²) in [5, 5.41) is 13.3. The molecule has 0 aliphatic carbocycles. The second-order valence-electron chi connectivity index (χ2n) is 4.27. The molecule has 1 amide bonds. The molecule has 0 bridgehead atoms. The van der Waals surface area contributed by atoms with Crippen LogP contribution in [-0.2, 0) is 6.54 Å². The molecule has 0 spiro atoms. The van der Waals surface area contributed by atoms with E-state index in [1.807, 2.05) is 13.8 Å². The van der Waals surface area contributed by atoms with E-state index in [2.05, 4.69) is 11.2 Å². The van der Waals surface area contributed by atoms with E-state index >= 15 is 0 Å². The molecule has 0 radical (unpaired) electrons. The van der Waals surface area contributed by atoms with Gasteiger partial charge in [-0.25, -0.2) is 0 Å². The normalized spacial score (nSPS) is 19.4. The molecule has 1 saturated heterocycles. The van der Waals surface area contributed by atoms with Crippen LogP contribution in [-0.4, -0.2) is 33.2 Å². The Morgan fingerprint density at radius 2 is 2.47 bits per heavy atom. The Morgan fingerprint density at radius 3 is 3.12 bits per heavy atom. The second kappa shape index (κ2) is 4.58. The molecule has 1 atom stereocenters. The molecule has 2 rings (SSSR count). The number of carbonyl (C=O) groups excluding carboxylic acids is 1. The number of amides is 1. The summed E-state index contributed by atoms with van der Waals surface area (Å²) in [6.07, 6.45) is 1.69. The van der Waals surface area contributed by atoms with E-state index in [1.165, 1.54) is 0 Å². The molecule has 1 aromatic rings. The van der Waals surface area contributed by atoms with Gasteiger partial charge >= 0.3 is 0 Å². The summed E-state index contributed by atoms with van der Waals surface area (Å²) in [6, 6.07) is 3.70. The summed E-state index contributed by atoms with van der Waals surface area (Å²) in [4.78, 5) is 14.0. The van der Waals surface area contributed by atoms with Gasteiger partial charge in [0.05, 0.1) is 11.8 Å². The molecule has 1 aromatic heterocycles. The van der Waals surface area contributed by atoms with Crippen LogP contribution in [0.1, 0.15) is 35.9 Å². The van der Waals surface area contributed by atoms with Crippen molar-refractivity contribution >= 4 is 5.91 Å². The van der Waals surface area contributed by atoms with Crippen molar-refractivity contribution in [3.8, 4) is 6.07 Å². The zero-order chi connectivity index (χ0) is 12.4. The molecule has 5 nitrogen and oxygen atoms in total. The predicted molar refractivity (Wildman–Crippen MR) is 62.3 cm³/mol. The molecular weight excluding hydrogens is 216 g/mol. The van der Waals surface area contributed by atoms with Gasteiger partial charge in [0, 0.05) is 13.1 Å². The first-order valence-corrected chi connectivity index (χ1v) is 5.92. The van der Waals surface area contributed by atoms with Crippen molar-refractivity contribution in [2.45, 2.75) is 39.3 Å². The average Bonchev–Trinajstić information content (AvgIpc) is 2.93. The van der Waals surface area contributed by atoms with Gasteiger partial charge in [0.1, 0.15) is 11.7 Å². The number of nitriles is 1. The molecular formula is C12H16N4O. The third-order valence-electron chi connectivity index (χ3n) is 3.08. The lowest BCUT2D eigenvalue weighted by molar-refractivity contribution is 0.0752. The van der Waals surface area contributed by atoms with Crippen molar-refractivity contribution in [3.05, 3.63) is 17.5 Å². The van der Waals surface area contributed by atoms with Gasteiger partial charge in [0.15, 0.2) is 0 Å². The largest absolute Gasteiger partial charge is 0.321 e. The Balaban J connectivity index is 2.28. The maximum absolute atomic E-state index is 12.3. The molecule has 2 heterocycles. The Bertz CT molecular complexity index is 471. The Kier molecular flexibility index (Phi) is 3.14. The third-order valence-corrected chi connectivity index (χ3v) is 3.08. The van der Waals surface area contributed by atoms with Crippen LogP contribution >= 0.6 is 0 Å². The standard InChI is InChI=1S/C12H16N4O/c1-3-16-11(7-9(2)14-16)12(17)15-6-4-5-10(15)8-13/h7,10H,3-6H2,1-2H3. The molecule has 0 N–H and O–H groups in total. The zero-order valence-electron chi connectivity index (χ0n) is 10.2. The average molecular weight is 232 g/mol. The van der Waals surface area contributed by atoms with E-state index in [0.717, 1.165) is 18.5 Å². The summed E-state index contributed by atoms with van der Waals surface area (Å²) < 4.78 is 1.70. The first-order chi connectivity index (χ1) is 8.17. The lowest BCUT2D eigenvalue weighted by Crippen LogP contribution is -2.35. The molecule has 1 aliphatic heterocycles. The minimum absolute atomic E-state index is 0.0727. The van der Waals surface area contributed by atoms with E-state index in [-0.39, 0.29) is 11.9 Å². The van der Waals surface area contributed by atoms with Gasteiger partial charge in [-0.1, -0.05) is 0 Å². The molecule has 90 valence electrons. The van der Waals surface area contributed by atoms with Gasteiger partial charge in [-0.15, -0.1) is 0 Å². The number of carbonyl (C=O) groups is 1. The van der Waals surface area contributed by atoms with Crippen LogP contribution < -0.4 is 0 Å². The topological polar surface area (TPSA) is 61.9 Å². The molecule has 0 aromatic carbocycles. The van der Waals surface area contributed by atoms with Crippen molar-refractivity contribution in [1.82, 2.24) is 14.7 Å². The van der Waals surface area contributed by atoms with Crippen LogP contribution in [0.5, 0.6) is 0 Å². The van der Waals surface area contributed by atoms with Crippen LogP contribution in [0.3, 0.4) is 0 Å². The van der Waals surface area contributed by atoms with E-state index in [1.54, 1.807) is 15.6 Å². The zero-order valence-corrected chi connectivity index (χ0v) is 10.2. The molecule has 5 heteroatoms. The lowest BCUT2D eigenvalue weighted by atomic mass is 10.2. The molecule has 1 fully saturated rings. The number of hydrogen-bond donors (Lipinski definition) is 0. The quantitative estimate of drug-likeness (QED) is 0.773. The minimum Gasteiger partial charge on any atom is -0.321 e. The van der Waals surface area contributed by atoms with Gasteiger partial charge in [-0.05, 0) is 32.8 Å². The summed E-state index contributed by atoms with van der Waals surface area (Å²) in [5.41, 5.74) is 1.43. The van der Waals surface area contributed by atoms with E-state index < -0.39 is 0 Å². The smallest absolute Gasteiger partial charge is 0.273 e. The van der Waals surface area contributed by atoms with Gasteiger partial charge < -0.3 is 4.90 Å². The van der Waals surface area contributed by atoms with Crippen molar-refractivity contribution in [1.29, 1.82) is 5.26 Å². The van der Waals surface area contributed by atoms with Crippen molar-refractivity contribution in [2.24, 2.45) is 0 Å². The number of aryl methyl sites for hydroxylation is 2. The van der Waals surface area contributed by atoms with Gasteiger partial charge in [0.2, 0.25) is 0 Å². The number of aromatic nitrogens is 2. The maximum Gasteiger partial charge on any atom is 0.273 e. The van der Waals surface area contributed by atoms with Crippen molar-refractivity contribution in [3.63, 3.8) is 0 Å². The minimum atomic E-state index is -0.275. The first-order valence-electron chi connectivity index (χ1n) is 5.92. The SMILES string of the molecule is CCn1nc(C)cc1C(=O)N1CCCC1C#N. The molecule has 1 unspecified atom stereocenters. The highest BCUT2D eigenvalue weighted by Crippen LogP contribution is 2.19. The van der Waals surface area contributed by atoms with Crippen LogP contribution in [0.4, 0.5) is 0 Å². The van der Waals surface area contributed by atoms with Gasteiger partial charge in [-0.3, -0.25) is 9.48 Å². The summed E-state index contributed by atoms with van der Waals surface area (Å²) in [5.74, 6) is -0.0727. The number of likely N-dealkylation sites (tertiary alicyclic amines) is 1. The monoisotopic (exact) mass is 232 g/mol. The van der Waals surface area contributed by atoms with E-state index in [9.17, 15) is 4.79 Å². The predicted octanol–water partition coefficient (Wildman–Crippen LogP) is 1.34. The van der Waals surface area contributed by atoms with E-state index in [4.69, 9.17) is 5.26 Å². The maximum atomic E-state index is 12.3. The Labute approximate surface area is 101 Å².